The normalized spacial score (nSPS) is 10.4. The Labute approximate surface area is 143 Å². The summed E-state index contributed by atoms with van der Waals surface area (Å²) in [6.45, 7) is 0. The van der Waals surface area contributed by atoms with E-state index in [0.717, 1.165) is 16.0 Å². The van der Waals surface area contributed by atoms with Crippen LogP contribution in [0.4, 0.5) is 4.39 Å². The lowest BCUT2D eigenvalue weighted by Gasteiger charge is -2.02. The zero-order valence-corrected chi connectivity index (χ0v) is 13.4. The molecule has 3 aromatic rings. The van der Waals surface area contributed by atoms with E-state index in [1.165, 1.54) is 23.5 Å². The topological polar surface area (TPSA) is 46.5 Å². The molecule has 3 rings (SSSR count). The molecule has 119 valence electrons. The third-order valence-electron chi connectivity index (χ3n) is 3.49. The summed E-state index contributed by atoms with van der Waals surface area (Å²) in [6, 6.07) is 16.9. The molecule has 0 aliphatic rings. The summed E-state index contributed by atoms with van der Waals surface area (Å²) < 4.78 is 17.8. The monoisotopic (exact) mass is 339 g/mol. The van der Waals surface area contributed by atoms with Gasteiger partial charge in [0.05, 0.1) is 4.88 Å². The Morgan fingerprint density at radius 1 is 1.04 bits per heavy atom. The molecule has 6 heteroatoms. The standard InChI is InChI=1S/C18H13BFO3S/c20-14-5-1-12(2-6-14)11-16(21)18-10-9-17(24-18)13-3-7-15(8-4-13)23-19-22/h1-10,22H,11H2. The third kappa shape index (κ3) is 3.90. The maximum Gasteiger partial charge on any atom is 0.569 e. The van der Waals surface area contributed by atoms with Gasteiger partial charge < -0.3 is 9.68 Å². The van der Waals surface area contributed by atoms with E-state index >= 15 is 0 Å². The third-order valence-corrected chi connectivity index (χ3v) is 4.66. The van der Waals surface area contributed by atoms with Crippen LogP contribution in [0.5, 0.6) is 5.75 Å². The molecule has 1 N–H and O–H groups in total. The minimum absolute atomic E-state index is 0.00712. The Hall–Kier alpha value is -2.44. The van der Waals surface area contributed by atoms with Gasteiger partial charge in [0.15, 0.2) is 5.78 Å². The quantitative estimate of drug-likeness (QED) is 0.548. The van der Waals surface area contributed by atoms with E-state index in [1.807, 2.05) is 18.2 Å². The second kappa shape index (κ2) is 7.42. The zero-order chi connectivity index (χ0) is 16.9. The van der Waals surface area contributed by atoms with E-state index in [2.05, 4.69) is 0 Å². The number of Topliss-reactive ketones (excluding diaryl/α,β-unsaturated/α-hetero) is 1. The molecule has 1 radical (unpaired) electrons. The van der Waals surface area contributed by atoms with Crippen molar-refractivity contribution in [2.24, 2.45) is 0 Å². The number of carbonyl (C=O) groups excluding carboxylic acids is 1. The maximum atomic E-state index is 12.9. The second-order valence-electron chi connectivity index (χ2n) is 5.14. The molecule has 0 fully saturated rings. The first-order valence-corrected chi connectivity index (χ1v) is 8.08. The van der Waals surface area contributed by atoms with Crippen molar-refractivity contribution in [1.29, 1.82) is 0 Å². The highest BCUT2D eigenvalue weighted by atomic mass is 32.1. The van der Waals surface area contributed by atoms with Crippen molar-refractivity contribution in [3.63, 3.8) is 0 Å². The first kappa shape index (κ1) is 16.4. The van der Waals surface area contributed by atoms with Crippen LogP contribution in [0, 0.1) is 5.82 Å². The van der Waals surface area contributed by atoms with E-state index in [0.29, 0.717) is 18.3 Å². The first-order valence-electron chi connectivity index (χ1n) is 7.26. The van der Waals surface area contributed by atoms with Crippen molar-refractivity contribution < 1.29 is 18.9 Å². The Morgan fingerprint density at radius 2 is 1.75 bits per heavy atom. The van der Waals surface area contributed by atoms with Gasteiger partial charge >= 0.3 is 7.69 Å². The number of hydrogen-bond donors (Lipinski definition) is 1. The van der Waals surface area contributed by atoms with Crippen LogP contribution in [0.2, 0.25) is 0 Å². The summed E-state index contributed by atoms with van der Waals surface area (Å²) in [5, 5.41) is 8.60. The molecule has 0 bridgehead atoms. The van der Waals surface area contributed by atoms with Gasteiger partial charge in [0, 0.05) is 11.3 Å². The fourth-order valence-corrected chi connectivity index (χ4v) is 3.23. The van der Waals surface area contributed by atoms with Gasteiger partial charge in [-0.3, -0.25) is 4.79 Å². The van der Waals surface area contributed by atoms with Crippen LogP contribution in [-0.4, -0.2) is 18.5 Å². The Morgan fingerprint density at radius 3 is 2.42 bits per heavy atom. The number of rotatable bonds is 6. The minimum atomic E-state index is -0.309. The van der Waals surface area contributed by atoms with Gasteiger partial charge in [-0.05, 0) is 59.7 Å². The lowest BCUT2D eigenvalue weighted by atomic mass is 10.1. The molecule has 1 aromatic heterocycles. The first-order chi connectivity index (χ1) is 11.7. The van der Waals surface area contributed by atoms with Gasteiger partial charge in [0.25, 0.3) is 0 Å². The second-order valence-corrected chi connectivity index (χ2v) is 6.22. The van der Waals surface area contributed by atoms with Gasteiger partial charge in [-0.1, -0.05) is 12.1 Å². The summed E-state index contributed by atoms with van der Waals surface area (Å²) >= 11 is 1.41. The molecule has 0 saturated carbocycles. The highest BCUT2D eigenvalue weighted by Crippen LogP contribution is 2.30. The lowest BCUT2D eigenvalue weighted by Crippen LogP contribution is -2.00. The highest BCUT2D eigenvalue weighted by Gasteiger charge is 2.11. The van der Waals surface area contributed by atoms with E-state index in [9.17, 15) is 9.18 Å². The van der Waals surface area contributed by atoms with E-state index in [1.54, 1.807) is 30.3 Å². The molecule has 0 saturated heterocycles. The molecule has 0 amide bonds. The van der Waals surface area contributed by atoms with Crippen LogP contribution in [0.25, 0.3) is 10.4 Å². The molecule has 0 spiro atoms. The SMILES string of the molecule is O=C(Cc1ccc(F)cc1)c1ccc(-c2ccc(O[B]O)cc2)s1. The van der Waals surface area contributed by atoms with Gasteiger partial charge in [-0.15, -0.1) is 11.3 Å². The maximum absolute atomic E-state index is 12.9. The fourth-order valence-electron chi connectivity index (χ4n) is 2.28. The number of benzene rings is 2. The molecule has 0 aliphatic heterocycles. The molecular weight excluding hydrogens is 326 g/mol. The molecule has 1 heterocycles. The van der Waals surface area contributed by atoms with Crippen LogP contribution in [0.1, 0.15) is 15.2 Å². The Bertz CT molecular complexity index is 828. The van der Waals surface area contributed by atoms with E-state index in [4.69, 9.17) is 9.68 Å². The summed E-state index contributed by atoms with van der Waals surface area (Å²) in [5.41, 5.74) is 1.75. The van der Waals surface area contributed by atoms with Crippen molar-refractivity contribution in [3.05, 3.63) is 76.9 Å². The lowest BCUT2D eigenvalue weighted by molar-refractivity contribution is 0.0997. The number of carbonyl (C=O) groups is 1. The van der Waals surface area contributed by atoms with E-state index < -0.39 is 0 Å². The van der Waals surface area contributed by atoms with Crippen molar-refractivity contribution in [3.8, 4) is 16.2 Å². The van der Waals surface area contributed by atoms with Crippen LogP contribution in [0.3, 0.4) is 0 Å². The van der Waals surface area contributed by atoms with Gasteiger partial charge in [-0.25, -0.2) is 4.39 Å². The zero-order valence-electron chi connectivity index (χ0n) is 12.6. The van der Waals surface area contributed by atoms with Crippen molar-refractivity contribution in [2.45, 2.75) is 6.42 Å². The number of thiophene rings is 1. The summed E-state index contributed by atoms with van der Waals surface area (Å²) in [4.78, 5) is 14.0. The van der Waals surface area contributed by atoms with Gasteiger partial charge in [-0.2, -0.15) is 0 Å². The van der Waals surface area contributed by atoms with Crippen LogP contribution >= 0.6 is 11.3 Å². The highest BCUT2D eigenvalue weighted by molar-refractivity contribution is 7.17. The molecular formula is C18H13BFO3S. The Balaban J connectivity index is 1.72. The summed E-state index contributed by atoms with van der Waals surface area (Å²) in [5.74, 6) is 0.231. The van der Waals surface area contributed by atoms with Crippen molar-refractivity contribution in [2.75, 3.05) is 0 Å². The van der Waals surface area contributed by atoms with Gasteiger partial charge in [0.2, 0.25) is 0 Å². The fraction of sp³-hybridized carbons (Fsp3) is 0.0556. The average molecular weight is 339 g/mol. The van der Waals surface area contributed by atoms with Crippen LogP contribution < -0.4 is 4.65 Å². The number of hydrogen-bond acceptors (Lipinski definition) is 4. The Kier molecular flexibility index (Phi) is 5.08. The molecule has 3 nitrogen and oxygen atoms in total. The predicted octanol–water partition coefficient (Wildman–Crippen LogP) is 3.88. The number of ketones is 1. The smallest absolute Gasteiger partial charge is 0.537 e. The minimum Gasteiger partial charge on any atom is -0.537 e. The van der Waals surface area contributed by atoms with Crippen LogP contribution in [0.15, 0.2) is 60.7 Å². The summed E-state index contributed by atoms with van der Waals surface area (Å²) in [7, 11) is 0.631. The van der Waals surface area contributed by atoms with Crippen molar-refractivity contribution in [1.82, 2.24) is 0 Å². The molecule has 0 unspecified atom stereocenters. The molecule has 2 aromatic carbocycles. The van der Waals surface area contributed by atoms with Crippen molar-refractivity contribution >= 4 is 24.8 Å². The predicted molar refractivity (Wildman–Crippen MR) is 92.8 cm³/mol. The summed E-state index contributed by atoms with van der Waals surface area (Å²) in [6.07, 6.45) is 0.249. The molecule has 0 aliphatic carbocycles. The molecule has 0 atom stereocenters. The van der Waals surface area contributed by atoms with E-state index in [-0.39, 0.29) is 18.0 Å². The molecule has 24 heavy (non-hydrogen) atoms. The van der Waals surface area contributed by atoms with Gasteiger partial charge in [0.1, 0.15) is 11.6 Å². The average Bonchev–Trinajstić information content (AvgIpc) is 3.08. The number of halogens is 1. The largest absolute Gasteiger partial charge is 0.569 e. The van der Waals surface area contributed by atoms with Crippen LogP contribution in [-0.2, 0) is 6.42 Å².